The summed E-state index contributed by atoms with van der Waals surface area (Å²) in [7, 11) is 0. The molecule has 4 heteroatoms. The second-order valence-electron chi connectivity index (χ2n) is 4.98. The molecule has 2 fully saturated rings. The lowest BCUT2D eigenvalue weighted by molar-refractivity contribution is -0.0301. The van der Waals surface area contributed by atoms with Crippen LogP contribution in [0.2, 0.25) is 0 Å². The van der Waals surface area contributed by atoms with E-state index in [1.165, 1.54) is 18.4 Å². The third-order valence-corrected chi connectivity index (χ3v) is 4.25. The van der Waals surface area contributed by atoms with E-state index in [2.05, 4.69) is 27.0 Å². The number of thiophene rings is 1. The second-order valence-corrected chi connectivity index (χ2v) is 5.76. The van der Waals surface area contributed by atoms with E-state index < -0.39 is 0 Å². The molecular formula is C13H20N2OS. The van der Waals surface area contributed by atoms with Crippen molar-refractivity contribution in [3.63, 3.8) is 0 Å². The van der Waals surface area contributed by atoms with Crippen LogP contribution >= 0.6 is 11.3 Å². The fourth-order valence-electron chi connectivity index (χ4n) is 2.41. The van der Waals surface area contributed by atoms with E-state index in [4.69, 9.17) is 4.74 Å². The molecule has 0 unspecified atom stereocenters. The van der Waals surface area contributed by atoms with Crippen LogP contribution in [0.15, 0.2) is 16.8 Å². The van der Waals surface area contributed by atoms with Crippen LogP contribution in [0.3, 0.4) is 0 Å². The lowest BCUT2D eigenvalue weighted by Crippen LogP contribution is -2.47. The number of hydrogen-bond acceptors (Lipinski definition) is 4. The first-order valence-electron chi connectivity index (χ1n) is 6.49. The zero-order valence-corrected chi connectivity index (χ0v) is 10.9. The van der Waals surface area contributed by atoms with Crippen molar-refractivity contribution < 1.29 is 4.74 Å². The lowest BCUT2D eigenvalue weighted by atomic mass is 10.2. The van der Waals surface area contributed by atoms with Crippen molar-refractivity contribution in [2.45, 2.75) is 31.5 Å². The van der Waals surface area contributed by atoms with E-state index in [1.54, 1.807) is 11.3 Å². The second kappa shape index (κ2) is 5.48. The molecular weight excluding hydrogens is 232 g/mol. The first kappa shape index (κ1) is 11.7. The van der Waals surface area contributed by atoms with E-state index in [1.807, 2.05) is 0 Å². The minimum atomic E-state index is 0.378. The molecule has 1 saturated heterocycles. The Kier molecular flexibility index (Phi) is 3.76. The number of nitrogens with zero attached hydrogens (tertiary/aromatic N) is 1. The van der Waals surface area contributed by atoms with Gasteiger partial charge in [-0.25, -0.2) is 0 Å². The molecule has 0 amide bonds. The Balaban J connectivity index is 1.39. The maximum absolute atomic E-state index is 5.80. The fraction of sp³-hybridized carbons (Fsp3) is 0.692. The standard InChI is InChI=1S/C13H20N2OS/c1-2-12(1)15-4-5-16-13(9-15)8-14-7-11-3-6-17-10-11/h3,6,10,12-14H,1-2,4-5,7-9H2/t13-/m0/s1. The molecule has 0 radical (unpaired) electrons. The van der Waals surface area contributed by atoms with Crippen molar-refractivity contribution in [2.75, 3.05) is 26.2 Å². The van der Waals surface area contributed by atoms with E-state index in [-0.39, 0.29) is 0 Å². The molecule has 1 aliphatic heterocycles. The van der Waals surface area contributed by atoms with Gasteiger partial charge in [-0.1, -0.05) is 0 Å². The number of morpholine rings is 1. The van der Waals surface area contributed by atoms with E-state index in [9.17, 15) is 0 Å². The van der Waals surface area contributed by atoms with Crippen molar-refractivity contribution >= 4 is 11.3 Å². The number of ether oxygens (including phenoxy) is 1. The zero-order valence-electron chi connectivity index (χ0n) is 10.1. The van der Waals surface area contributed by atoms with Gasteiger partial charge in [0.05, 0.1) is 12.7 Å². The van der Waals surface area contributed by atoms with Crippen molar-refractivity contribution in [3.8, 4) is 0 Å². The fourth-order valence-corrected chi connectivity index (χ4v) is 3.08. The van der Waals surface area contributed by atoms with Gasteiger partial charge in [0.25, 0.3) is 0 Å². The molecule has 94 valence electrons. The van der Waals surface area contributed by atoms with E-state index in [0.717, 1.165) is 38.8 Å². The summed E-state index contributed by atoms with van der Waals surface area (Å²) in [5.41, 5.74) is 1.38. The average molecular weight is 252 g/mol. The molecule has 1 atom stereocenters. The molecule has 0 aromatic carbocycles. The van der Waals surface area contributed by atoms with E-state index in [0.29, 0.717) is 6.10 Å². The van der Waals surface area contributed by atoms with Crippen molar-refractivity contribution in [1.29, 1.82) is 0 Å². The van der Waals surface area contributed by atoms with Gasteiger partial charge in [-0.2, -0.15) is 11.3 Å². The Morgan fingerprint density at radius 2 is 2.41 bits per heavy atom. The van der Waals surface area contributed by atoms with Crippen molar-refractivity contribution in [3.05, 3.63) is 22.4 Å². The minimum Gasteiger partial charge on any atom is -0.374 e. The molecule has 3 rings (SSSR count). The van der Waals surface area contributed by atoms with Gasteiger partial charge < -0.3 is 10.1 Å². The summed E-state index contributed by atoms with van der Waals surface area (Å²) in [6, 6.07) is 3.05. The molecule has 1 aromatic rings. The highest BCUT2D eigenvalue weighted by Gasteiger charge is 2.32. The summed E-state index contributed by atoms with van der Waals surface area (Å²) in [5, 5.41) is 7.82. The Bertz CT molecular complexity index is 337. The van der Waals surface area contributed by atoms with Crippen LogP contribution in [0.5, 0.6) is 0 Å². The van der Waals surface area contributed by atoms with Crippen LogP contribution < -0.4 is 5.32 Å². The molecule has 0 bridgehead atoms. The molecule has 0 spiro atoms. The number of hydrogen-bond donors (Lipinski definition) is 1. The van der Waals surface area contributed by atoms with Gasteiger partial charge in [0, 0.05) is 32.2 Å². The highest BCUT2D eigenvalue weighted by Crippen LogP contribution is 2.28. The van der Waals surface area contributed by atoms with Gasteiger partial charge in [0.2, 0.25) is 0 Å². The maximum Gasteiger partial charge on any atom is 0.0826 e. The van der Waals surface area contributed by atoms with E-state index >= 15 is 0 Å². The van der Waals surface area contributed by atoms with Crippen LogP contribution in [0.25, 0.3) is 0 Å². The summed E-state index contributed by atoms with van der Waals surface area (Å²) in [6.07, 6.45) is 3.17. The van der Waals surface area contributed by atoms with Gasteiger partial charge in [-0.3, -0.25) is 4.90 Å². The van der Waals surface area contributed by atoms with Crippen molar-refractivity contribution in [2.24, 2.45) is 0 Å². The van der Waals surface area contributed by atoms with Gasteiger partial charge in [-0.15, -0.1) is 0 Å². The SMILES string of the molecule is c1cc(CNC[C@H]2CN(C3CC3)CCO2)cs1. The number of rotatable bonds is 5. The molecule has 3 nitrogen and oxygen atoms in total. The van der Waals surface area contributed by atoms with Crippen LogP contribution in [0, 0.1) is 0 Å². The molecule has 1 N–H and O–H groups in total. The summed E-state index contributed by atoms with van der Waals surface area (Å²) in [5.74, 6) is 0. The summed E-state index contributed by atoms with van der Waals surface area (Å²) in [4.78, 5) is 2.60. The smallest absolute Gasteiger partial charge is 0.0826 e. The van der Waals surface area contributed by atoms with Crippen LogP contribution in [0.4, 0.5) is 0 Å². The lowest BCUT2D eigenvalue weighted by Gasteiger charge is -2.33. The number of nitrogens with one attached hydrogen (secondary N) is 1. The summed E-state index contributed by atoms with van der Waals surface area (Å²) < 4.78 is 5.80. The third-order valence-electron chi connectivity index (χ3n) is 3.51. The molecule has 1 aromatic heterocycles. The first-order valence-corrected chi connectivity index (χ1v) is 7.43. The zero-order chi connectivity index (χ0) is 11.5. The largest absolute Gasteiger partial charge is 0.374 e. The Hall–Kier alpha value is -0.420. The molecule has 17 heavy (non-hydrogen) atoms. The Labute approximate surface area is 107 Å². The van der Waals surface area contributed by atoms with Crippen LogP contribution in [-0.2, 0) is 11.3 Å². The molecule has 2 heterocycles. The Morgan fingerprint density at radius 1 is 1.47 bits per heavy atom. The van der Waals surface area contributed by atoms with Gasteiger partial charge in [-0.05, 0) is 35.2 Å². The molecule has 1 saturated carbocycles. The highest BCUT2D eigenvalue weighted by molar-refractivity contribution is 7.07. The van der Waals surface area contributed by atoms with Crippen LogP contribution in [0.1, 0.15) is 18.4 Å². The highest BCUT2D eigenvalue weighted by atomic mass is 32.1. The predicted octanol–water partition coefficient (Wildman–Crippen LogP) is 1.70. The van der Waals surface area contributed by atoms with Crippen molar-refractivity contribution in [1.82, 2.24) is 10.2 Å². The Morgan fingerprint density at radius 3 is 3.18 bits per heavy atom. The monoisotopic (exact) mass is 252 g/mol. The summed E-state index contributed by atoms with van der Waals surface area (Å²) >= 11 is 1.76. The maximum atomic E-state index is 5.80. The van der Waals surface area contributed by atoms with Gasteiger partial charge >= 0.3 is 0 Å². The van der Waals surface area contributed by atoms with Gasteiger partial charge in [0.1, 0.15) is 0 Å². The minimum absolute atomic E-state index is 0.378. The topological polar surface area (TPSA) is 24.5 Å². The predicted molar refractivity (Wildman–Crippen MR) is 70.4 cm³/mol. The molecule has 2 aliphatic rings. The van der Waals surface area contributed by atoms with Crippen LogP contribution in [-0.4, -0.2) is 43.3 Å². The average Bonchev–Trinajstić information content (AvgIpc) is 3.09. The summed E-state index contributed by atoms with van der Waals surface area (Å²) in [6.45, 7) is 5.08. The van der Waals surface area contributed by atoms with Gasteiger partial charge in [0.15, 0.2) is 0 Å². The third kappa shape index (κ3) is 3.28. The quantitative estimate of drug-likeness (QED) is 0.863. The first-order chi connectivity index (χ1) is 8.42. The normalized spacial score (nSPS) is 26.2. The molecule has 1 aliphatic carbocycles.